The van der Waals surface area contributed by atoms with E-state index >= 15 is 0 Å². The Hall–Kier alpha value is -1.41. The normalized spacial score (nSPS) is 18.1. The smallest absolute Gasteiger partial charge is 0.223 e. The molecule has 0 atom stereocenters. The molecule has 1 aliphatic heterocycles. The van der Waals surface area contributed by atoms with E-state index in [9.17, 15) is 13.2 Å². The topological polar surface area (TPSA) is 92.5 Å². The molecule has 1 N–H and O–H groups in total. The monoisotopic (exact) mass is 301 g/mol. The predicted octanol–water partition coefficient (Wildman–Crippen LogP) is 0.271. The van der Waals surface area contributed by atoms with Crippen molar-refractivity contribution in [1.29, 1.82) is 0 Å². The van der Waals surface area contributed by atoms with Gasteiger partial charge in [0.2, 0.25) is 15.9 Å². The van der Waals surface area contributed by atoms with E-state index in [-0.39, 0.29) is 11.8 Å². The zero-order chi connectivity index (χ0) is 14.8. The number of hydrogen-bond donors (Lipinski definition) is 1. The maximum absolute atomic E-state index is 12.0. The van der Waals surface area contributed by atoms with Gasteiger partial charge in [0, 0.05) is 25.1 Å². The number of carbonyl (C=O) groups excluding carboxylic acids is 1. The summed E-state index contributed by atoms with van der Waals surface area (Å²) in [5.74, 6) is 0.510. The van der Waals surface area contributed by atoms with E-state index in [1.54, 1.807) is 13.0 Å². The number of nitrogens with one attached hydrogen (secondary N) is 1. The molecule has 8 heteroatoms. The minimum absolute atomic E-state index is 0.0567. The lowest BCUT2D eigenvalue weighted by atomic mass is 9.97. The van der Waals surface area contributed by atoms with Crippen LogP contribution in [0, 0.1) is 12.8 Å². The highest BCUT2D eigenvalue weighted by Crippen LogP contribution is 2.19. The van der Waals surface area contributed by atoms with Gasteiger partial charge in [-0.05, 0) is 19.8 Å². The molecular formula is C12H19N3O4S. The van der Waals surface area contributed by atoms with Crippen LogP contribution >= 0.6 is 0 Å². The molecule has 1 fully saturated rings. The third kappa shape index (κ3) is 3.80. The Morgan fingerprint density at radius 2 is 2.15 bits per heavy atom. The van der Waals surface area contributed by atoms with Crippen LogP contribution in [0.4, 0.5) is 0 Å². The standard InChI is InChI=1S/C12H19N3O4S/c1-9-7-11(14-19-9)8-13-12(16)10-3-5-15(6-4-10)20(2,17)18/h7,10H,3-6,8H2,1-2H3,(H,13,16). The van der Waals surface area contributed by atoms with Crippen LogP contribution in [-0.2, 0) is 21.4 Å². The zero-order valence-electron chi connectivity index (χ0n) is 11.6. The number of aromatic nitrogens is 1. The lowest BCUT2D eigenvalue weighted by molar-refractivity contribution is -0.126. The number of amides is 1. The molecule has 1 aromatic heterocycles. The number of carbonyl (C=O) groups is 1. The summed E-state index contributed by atoms with van der Waals surface area (Å²) < 4.78 is 29.1. The van der Waals surface area contributed by atoms with Crippen LogP contribution in [0.3, 0.4) is 0 Å². The number of rotatable bonds is 4. The molecule has 0 radical (unpaired) electrons. The molecule has 0 saturated carbocycles. The van der Waals surface area contributed by atoms with Gasteiger partial charge in [-0.3, -0.25) is 4.79 Å². The highest BCUT2D eigenvalue weighted by molar-refractivity contribution is 7.88. The Morgan fingerprint density at radius 1 is 1.50 bits per heavy atom. The van der Waals surface area contributed by atoms with Crippen molar-refractivity contribution in [3.8, 4) is 0 Å². The lowest BCUT2D eigenvalue weighted by Crippen LogP contribution is -2.42. The van der Waals surface area contributed by atoms with Crippen LogP contribution in [0.2, 0.25) is 0 Å². The first-order valence-corrected chi connectivity index (χ1v) is 8.36. The largest absolute Gasteiger partial charge is 0.361 e. The number of nitrogens with zero attached hydrogens (tertiary/aromatic N) is 2. The summed E-state index contributed by atoms with van der Waals surface area (Å²) in [5.41, 5.74) is 0.685. The van der Waals surface area contributed by atoms with Crippen LogP contribution in [-0.4, -0.2) is 43.1 Å². The number of sulfonamides is 1. The first kappa shape index (κ1) is 15.0. The van der Waals surface area contributed by atoms with Gasteiger partial charge >= 0.3 is 0 Å². The van der Waals surface area contributed by atoms with Crippen LogP contribution in [0.1, 0.15) is 24.3 Å². The lowest BCUT2D eigenvalue weighted by Gasteiger charge is -2.29. The number of hydrogen-bond acceptors (Lipinski definition) is 5. The van der Waals surface area contributed by atoms with Gasteiger partial charge < -0.3 is 9.84 Å². The van der Waals surface area contributed by atoms with Gasteiger partial charge in [0.25, 0.3) is 0 Å². The molecule has 1 saturated heterocycles. The van der Waals surface area contributed by atoms with Crippen LogP contribution in [0.15, 0.2) is 10.6 Å². The second-order valence-electron chi connectivity index (χ2n) is 5.08. The van der Waals surface area contributed by atoms with Gasteiger partial charge in [0.05, 0.1) is 12.8 Å². The van der Waals surface area contributed by atoms with Crippen LogP contribution in [0.25, 0.3) is 0 Å². The Labute approximate surface area is 118 Å². The van der Waals surface area contributed by atoms with E-state index in [1.807, 2.05) is 0 Å². The molecule has 1 aliphatic rings. The quantitative estimate of drug-likeness (QED) is 0.862. The number of aryl methyl sites for hydroxylation is 1. The van der Waals surface area contributed by atoms with Gasteiger partial charge in [-0.25, -0.2) is 12.7 Å². The Balaban J connectivity index is 1.80. The minimum atomic E-state index is -3.15. The molecule has 1 aromatic rings. The van der Waals surface area contributed by atoms with E-state index in [1.165, 1.54) is 10.6 Å². The average molecular weight is 301 g/mol. The fraction of sp³-hybridized carbons (Fsp3) is 0.667. The van der Waals surface area contributed by atoms with Crippen molar-refractivity contribution < 1.29 is 17.7 Å². The first-order chi connectivity index (χ1) is 9.36. The van der Waals surface area contributed by atoms with Gasteiger partial charge in [-0.1, -0.05) is 5.16 Å². The summed E-state index contributed by atoms with van der Waals surface area (Å²) in [6.45, 7) is 2.93. The highest BCUT2D eigenvalue weighted by Gasteiger charge is 2.28. The van der Waals surface area contributed by atoms with E-state index in [2.05, 4.69) is 10.5 Å². The molecule has 0 spiro atoms. The van der Waals surface area contributed by atoms with Crippen molar-refractivity contribution in [2.75, 3.05) is 19.3 Å². The maximum atomic E-state index is 12.0. The summed E-state index contributed by atoms with van der Waals surface area (Å²) in [6, 6.07) is 1.77. The molecule has 0 aliphatic carbocycles. The molecule has 112 valence electrons. The van der Waals surface area contributed by atoms with Gasteiger partial charge in [-0.2, -0.15) is 0 Å². The first-order valence-electron chi connectivity index (χ1n) is 6.51. The molecule has 20 heavy (non-hydrogen) atoms. The summed E-state index contributed by atoms with van der Waals surface area (Å²) in [7, 11) is -3.15. The molecule has 0 unspecified atom stereocenters. The van der Waals surface area contributed by atoms with Crippen LogP contribution < -0.4 is 5.32 Å². The maximum Gasteiger partial charge on any atom is 0.223 e. The highest BCUT2D eigenvalue weighted by atomic mass is 32.2. The Kier molecular flexibility index (Phi) is 4.44. The van der Waals surface area contributed by atoms with E-state index in [0.717, 1.165) is 0 Å². The van der Waals surface area contributed by atoms with E-state index in [4.69, 9.17) is 4.52 Å². The van der Waals surface area contributed by atoms with Crippen molar-refractivity contribution in [1.82, 2.24) is 14.8 Å². The molecule has 2 heterocycles. The summed E-state index contributed by atoms with van der Waals surface area (Å²) in [6.07, 6.45) is 2.30. The summed E-state index contributed by atoms with van der Waals surface area (Å²) in [4.78, 5) is 12.0. The van der Waals surface area contributed by atoms with Crippen molar-refractivity contribution >= 4 is 15.9 Å². The Bertz CT molecular complexity index is 573. The molecule has 2 rings (SSSR count). The predicted molar refractivity (Wildman–Crippen MR) is 72.2 cm³/mol. The molecule has 0 bridgehead atoms. The van der Waals surface area contributed by atoms with Crippen LogP contribution in [0.5, 0.6) is 0 Å². The zero-order valence-corrected chi connectivity index (χ0v) is 12.4. The van der Waals surface area contributed by atoms with Crippen molar-refractivity contribution in [2.45, 2.75) is 26.3 Å². The Morgan fingerprint density at radius 3 is 2.65 bits per heavy atom. The SMILES string of the molecule is Cc1cc(CNC(=O)C2CCN(S(C)(=O)=O)CC2)no1. The summed E-state index contributed by atoms with van der Waals surface area (Å²) >= 11 is 0. The fourth-order valence-electron chi connectivity index (χ4n) is 2.27. The average Bonchev–Trinajstić information content (AvgIpc) is 2.81. The van der Waals surface area contributed by atoms with Crippen molar-refractivity contribution in [2.24, 2.45) is 5.92 Å². The fourth-order valence-corrected chi connectivity index (χ4v) is 3.15. The van der Waals surface area contributed by atoms with E-state index < -0.39 is 10.0 Å². The van der Waals surface area contributed by atoms with Crippen molar-refractivity contribution in [3.05, 3.63) is 17.5 Å². The van der Waals surface area contributed by atoms with Gasteiger partial charge in [0.1, 0.15) is 11.5 Å². The van der Waals surface area contributed by atoms with Gasteiger partial charge in [-0.15, -0.1) is 0 Å². The molecule has 7 nitrogen and oxygen atoms in total. The third-order valence-electron chi connectivity index (χ3n) is 3.41. The molecule has 1 amide bonds. The second kappa shape index (κ2) is 5.92. The third-order valence-corrected chi connectivity index (χ3v) is 4.72. The van der Waals surface area contributed by atoms with Crippen molar-refractivity contribution in [3.63, 3.8) is 0 Å². The molecule has 0 aromatic carbocycles. The summed E-state index contributed by atoms with van der Waals surface area (Å²) in [5, 5.41) is 6.61. The molecular weight excluding hydrogens is 282 g/mol. The van der Waals surface area contributed by atoms with Gasteiger partial charge in [0.15, 0.2) is 0 Å². The minimum Gasteiger partial charge on any atom is -0.361 e. The number of piperidine rings is 1. The second-order valence-corrected chi connectivity index (χ2v) is 7.07. The van der Waals surface area contributed by atoms with E-state index in [0.29, 0.717) is 43.9 Å².